The van der Waals surface area contributed by atoms with Crippen LogP contribution in [0.15, 0.2) is 23.3 Å². The van der Waals surface area contributed by atoms with Gasteiger partial charge < -0.3 is 14.2 Å². The number of benzene rings is 1. The van der Waals surface area contributed by atoms with Crippen molar-refractivity contribution in [2.24, 2.45) is 17.0 Å². The molecule has 0 radical (unpaired) electrons. The lowest BCUT2D eigenvalue weighted by Crippen LogP contribution is -2.53. The maximum Gasteiger partial charge on any atom is 0.344 e. The summed E-state index contributed by atoms with van der Waals surface area (Å²) >= 11 is 12.0. The van der Waals surface area contributed by atoms with Crippen LogP contribution in [0.3, 0.4) is 0 Å². The molecule has 0 N–H and O–H groups in total. The highest BCUT2D eigenvalue weighted by Crippen LogP contribution is 2.70. The van der Waals surface area contributed by atoms with Crippen LogP contribution in [-0.2, 0) is 23.8 Å². The van der Waals surface area contributed by atoms with Gasteiger partial charge in [-0.3, -0.25) is 4.79 Å². The molecule has 2 aliphatic carbocycles. The first-order chi connectivity index (χ1) is 14.7. The Kier molecular flexibility index (Phi) is 6.72. The second kappa shape index (κ2) is 8.82. The molecule has 8 nitrogen and oxygen atoms in total. The van der Waals surface area contributed by atoms with E-state index in [0.29, 0.717) is 15.6 Å². The number of rotatable bonds is 8. The van der Waals surface area contributed by atoms with E-state index < -0.39 is 47.2 Å². The molecular weight excluding hydrogens is 452 g/mol. The van der Waals surface area contributed by atoms with E-state index in [4.69, 9.17) is 37.4 Å². The molecule has 11 heteroatoms. The van der Waals surface area contributed by atoms with E-state index in [-0.39, 0.29) is 19.6 Å². The van der Waals surface area contributed by atoms with Crippen molar-refractivity contribution in [3.05, 3.63) is 44.3 Å². The molecule has 2 aliphatic rings. The molecule has 31 heavy (non-hydrogen) atoms. The first kappa shape index (κ1) is 23.6. The minimum atomic E-state index is -2.44. The van der Waals surface area contributed by atoms with E-state index in [1.807, 2.05) is 0 Å². The van der Waals surface area contributed by atoms with Crippen LogP contribution in [0.2, 0.25) is 10.0 Å². The van der Waals surface area contributed by atoms with Crippen molar-refractivity contribution >= 4 is 35.1 Å². The van der Waals surface area contributed by atoms with Crippen LogP contribution >= 0.6 is 23.2 Å². The molecule has 0 unspecified atom stereocenters. The highest BCUT2D eigenvalue weighted by molar-refractivity contribution is 6.42. The summed E-state index contributed by atoms with van der Waals surface area (Å²) in [6.45, 7) is 4.79. The van der Waals surface area contributed by atoms with Gasteiger partial charge >= 0.3 is 11.9 Å². The summed E-state index contributed by atoms with van der Waals surface area (Å²) in [6, 6.07) is 4.92. The molecule has 0 aromatic heterocycles. The summed E-state index contributed by atoms with van der Waals surface area (Å²) in [7, 11) is 0. The van der Waals surface area contributed by atoms with Crippen LogP contribution < -0.4 is 0 Å². The van der Waals surface area contributed by atoms with Crippen LogP contribution in [0.5, 0.6) is 0 Å². The molecular formula is C20H22Cl2FN3O5. The van der Waals surface area contributed by atoms with Gasteiger partial charge in [0.05, 0.1) is 35.5 Å². The number of carbonyl (C=O) groups is 2. The standard InChI is InChI=1S/C20H22Cl2FN3O5/c1-4-29-17(27)19(23)12-9-15(20(16(12)19,25-26-24)18(28)30-5-2)31-10(3)11-6-7-13(21)14(22)8-11/h6-8,10,12,15-16H,4-5,9H2,1-3H3/t10-,12+,15+,16-,19+,20-/m0/s1. The number of nitrogens with zero attached hydrogens (tertiary/aromatic N) is 3. The van der Waals surface area contributed by atoms with E-state index in [2.05, 4.69) is 10.0 Å². The lowest BCUT2D eigenvalue weighted by atomic mass is 9.87. The number of esters is 2. The van der Waals surface area contributed by atoms with Crippen molar-refractivity contribution < 1.29 is 28.2 Å². The Morgan fingerprint density at radius 2 is 1.90 bits per heavy atom. The van der Waals surface area contributed by atoms with Gasteiger partial charge in [-0.15, -0.1) is 0 Å². The maximum atomic E-state index is 15.6. The molecule has 0 saturated heterocycles. The van der Waals surface area contributed by atoms with Gasteiger partial charge in [-0.2, -0.15) is 0 Å². The average Bonchev–Trinajstić information content (AvgIpc) is 3.17. The summed E-state index contributed by atoms with van der Waals surface area (Å²) in [5.74, 6) is -4.15. The highest BCUT2D eigenvalue weighted by Gasteiger charge is 2.86. The molecule has 0 heterocycles. The summed E-state index contributed by atoms with van der Waals surface area (Å²) in [4.78, 5) is 28.0. The molecule has 2 saturated carbocycles. The molecule has 2 fully saturated rings. The topological polar surface area (TPSA) is 111 Å². The van der Waals surface area contributed by atoms with Crippen LogP contribution in [0.4, 0.5) is 4.39 Å². The third-order valence-corrected chi connectivity index (χ3v) is 6.64. The number of hydrogen-bond donors (Lipinski definition) is 0. The molecule has 0 amide bonds. The second-order valence-electron chi connectivity index (χ2n) is 7.48. The van der Waals surface area contributed by atoms with Crippen molar-refractivity contribution in [3.63, 3.8) is 0 Å². The van der Waals surface area contributed by atoms with Crippen molar-refractivity contribution in [2.45, 2.75) is 50.6 Å². The lowest BCUT2D eigenvalue weighted by molar-refractivity contribution is -0.164. The molecule has 0 aliphatic heterocycles. The highest BCUT2D eigenvalue weighted by atomic mass is 35.5. The molecule has 1 aromatic carbocycles. The Morgan fingerprint density at radius 1 is 1.26 bits per heavy atom. The van der Waals surface area contributed by atoms with Crippen LogP contribution in [0.25, 0.3) is 10.4 Å². The minimum Gasteiger partial charge on any atom is -0.465 e. The van der Waals surface area contributed by atoms with Crippen LogP contribution in [0, 0.1) is 11.8 Å². The number of carbonyl (C=O) groups excluding carboxylic acids is 2. The van der Waals surface area contributed by atoms with E-state index in [1.54, 1.807) is 39.0 Å². The molecule has 168 valence electrons. The Hall–Kier alpha value is -2.06. The maximum absolute atomic E-state index is 15.6. The molecule has 6 atom stereocenters. The monoisotopic (exact) mass is 473 g/mol. The van der Waals surface area contributed by atoms with Gasteiger partial charge in [0.2, 0.25) is 5.67 Å². The second-order valence-corrected chi connectivity index (χ2v) is 8.30. The predicted molar refractivity (Wildman–Crippen MR) is 110 cm³/mol. The quantitative estimate of drug-likeness (QED) is 0.229. The van der Waals surface area contributed by atoms with Crippen LogP contribution in [0.1, 0.15) is 38.9 Å². The first-order valence-electron chi connectivity index (χ1n) is 9.88. The van der Waals surface area contributed by atoms with Crippen molar-refractivity contribution in [1.82, 2.24) is 0 Å². The molecule has 3 rings (SSSR count). The summed E-state index contributed by atoms with van der Waals surface area (Å²) in [6.07, 6.45) is -1.64. The number of ether oxygens (including phenoxy) is 3. The number of hydrogen-bond acceptors (Lipinski definition) is 6. The van der Waals surface area contributed by atoms with Crippen molar-refractivity contribution in [3.8, 4) is 0 Å². The molecule has 0 bridgehead atoms. The van der Waals surface area contributed by atoms with Gasteiger partial charge in [-0.1, -0.05) is 34.4 Å². The number of azide groups is 1. The molecule has 0 spiro atoms. The number of fused-ring (bicyclic) bond motifs is 1. The zero-order valence-electron chi connectivity index (χ0n) is 17.2. The third kappa shape index (κ3) is 3.74. The number of alkyl halides is 1. The van der Waals surface area contributed by atoms with Gasteiger partial charge in [-0.05, 0) is 50.4 Å². The SMILES string of the molecule is CCOC(=O)[C@@]1(F)[C@@H]2C[C@@H](O[C@@H](C)c3ccc(Cl)c(Cl)c3)[C@@](N=[N+]=[N-])(C(=O)OCC)[C@@H]21. The Labute approximate surface area is 188 Å². The Bertz CT molecular complexity index is 943. The zero-order valence-corrected chi connectivity index (χ0v) is 18.7. The normalized spacial score (nSPS) is 31.9. The first-order valence-corrected chi connectivity index (χ1v) is 10.6. The van der Waals surface area contributed by atoms with E-state index in [1.165, 1.54) is 0 Å². The number of halogens is 3. The Morgan fingerprint density at radius 3 is 2.48 bits per heavy atom. The summed E-state index contributed by atoms with van der Waals surface area (Å²) in [5.41, 5.74) is 5.39. The van der Waals surface area contributed by atoms with Gasteiger partial charge in [0.1, 0.15) is 0 Å². The van der Waals surface area contributed by atoms with E-state index in [9.17, 15) is 15.1 Å². The summed E-state index contributed by atoms with van der Waals surface area (Å²) < 4.78 is 31.6. The predicted octanol–water partition coefficient (Wildman–Crippen LogP) is 4.97. The van der Waals surface area contributed by atoms with Crippen molar-refractivity contribution in [2.75, 3.05) is 13.2 Å². The van der Waals surface area contributed by atoms with Crippen molar-refractivity contribution in [1.29, 1.82) is 0 Å². The van der Waals surface area contributed by atoms with E-state index in [0.717, 1.165) is 0 Å². The fourth-order valence-corrected chi connectivity index (χ4v) is 4.79. The van der Waals surface area contributed by atoms with Crippen LogP contribution in [-0.4, -0.2) is 42.5 Å². The fourth-order valence-electron chi connectivity index (χ4n) is 4.49. The Balaban J connectivity index is 1.96. The lowest BCUT2D eigenvalue weighted by Gasteiger charge is -2.34. The molecule has 1 aromatic rings. The summed E-state index contributed by atoms with van der Waals surface area (Å²) in [5, 5.41) is 4.37. The third-order valence-electron chi connectivity index (χ3n) is 5.90. The average molecular weight is 474 g/mol. The van der Waals surface area contributed by atoms with Gasteiger partial charge in [0, 0.05) is 16.7 Å². The smallest absolute Gasteiger partial charge is 0.344 e. The van der Waals surface area contributed by atoms with E-state index >= 15 is 4.39 Å². The van der Waals surface area contributed by atoms with Gasteiger partial charge in [0.25, 0.3) is 0 Å². The van der Waals surface area contributed by atoms with Gasteiger partial charge in [0.15, 0.2) is 5.54 Å². The zero-order chi connectivity index (χ0) is 23.0. The largest absolute Gasteiger partial charge is 0.465 e. The fraction of sp³-hybridized carbons (Fsp3) is 0.600. The van der Waals surface area contributed by atoms with Gasteiger partial charge in [-0.25, -0.2) is 9.18 Å². The minimum absolute atomic E-state index is 0.0212.